The van der Waals surface area contributed by atoms with E-state index in [1.54, 1.807) is 6.20 Å². The number of rotatable bonds is 3. The summed E-state index contributed by atoms with van der Waals surface area (Å²) in [5, 5.41) is 8.32. The van der Waals surface area contributed by atoms with Crippen LogP contribution in [-0.2, 0) is 0 Å². The van der Waals surface area contributed by atoms with Gasteiger partial charge in [0, 0.05) is 6.04 Å². The third kappa shape index (κ3) is 2.27. The summed E-state index contributed by atoms with van der Waals surface area (Å²) in [5.74, 6) is 0. The zero-order chi connectivity index (χ0) is 12.6. The summed E-state index contributed by atoms with van der Waals surface area (Å²) in [6, 6.07) is 0.0258. The molecule has 17 heavy (non-hydrogen) atoms. The molecule has 2 aromatic rings. The Hall–Kier alpha value is -0.790. The van der Waals surface area contributed by atoms with E-state index in [1.807, 2.05) is 11.6 Å². The van der Waals surface area contributed by atoms with Crippen LogP contribution in [0.5, 0.6) is 0 Å². The summed E-state index contributed by atoms with van der Waals surface area (Å²) in [5.41, 5.74) is 8.13. The van der Waals surface area contributed by atoms with Gasteiger partial charge in [-0.05, 0) is 48.2 Å². The molecular weight excluding hydrogens is 302 g/mol. The van der Waals surface area contributed by atoms with Gasteiger partial charge in [-0.1, -0.05) is 4.49 Å². The minimum absolute atomic E-state index is 0.241. The molecule has 0 fully saturated rings. The van der Waals surface area contributed by atoms with Crippen molar-refractivity contribution in [2.75, 3.05) is 0 Å². The van der Waals surface area contributed by atoms with Crippen LogP contribution in [0.4, 0.5) is 0 Å². The highest BCUT2D eigenvalue weighted by molar-refractivity contribution is 9.10. The second-order valence-electron chi connectivity index (χ2n) is 4.12. The largest absolute Gasteiger partial charge is 0.318 e. The molecule has 0 saturated heterocycles. The van der Waals surface area contributed by atoms with Crippen LogP contribution in [0, 0.1) is 6.92 Å². The van der Waals surface area contributed by atoms with Gasteiger partial charge in [-0.2, -0.15) is 5.10 Å². The van der Waals surface area contributed by atoms with Crippen molar-refractivity contribution in [3.63, 3.8) is 0 Å². The van der Waals surface area contributed by atoms with Crippen molar-refractivity contribution in [2.24, 2.45) is 5.73 Å². The van der Waals surface area contributed by atoms with Crippen molar-refractivity contribution >= 4 is 27.5 Å². The summed E-state index contributed by atoms with van der Waals surface area (Å²) < 4.78 is 6.77. The highest BCUT2D eigenvalue weighted by Crippen LogP contribution is 2.31. The van der Waals surface area contributed by atoms with Gasteiger partial charge in [0.25, 0.3) is 0 Å². The lowest BCUT2D eigenvalue weighted by molar-refractivity contribution is 0.499. The molecule has 0 aliphatic rings. The van der Waals surface area contributed by atoms with Crippen LogP contribution >= 0.6 is 27.5 Å². The Morgan fingerprint density at radius 1 is 1.47 bits per heavy atom. The minimum Gasteiger partial charge on any atom is -0.318 e. The summed E-state index contributed by atoms with van der Waals surface area (Å²) in [7, 11) is 0. The number of aromatic nitrogens is 4. The molecule has 0 amide bonds. The molecule has 0 aromatic carbocycles. The van der Waals surface area contributed by atoms with E-state index in [0.29, 0.717) is 0 Å². The number of nitrogens with zero attached hydrogens (tertiary/aromatic N) is 4. The van der Waals surface area contributed by atoms with Gasteiger partial charge < -0.3 is 5.73 Å². The van der Waals surface area contributed by atoms with E-state index in [0.717, 1.165) is 20.7 Å². The van der Waals surface area contributed by atoms with Gasteiger partial charge in [0.1, 0.15) is 0 Å². The molecule has 2 rings (SSSR count). The smallest absolute Gasteiger partial charge is 0.0863 e. The van der Waals surface area contributed by atoms with Crippen LogP contribution in [-0.4, -0.2) is 19.4 Å². The van der Waals surface area contributed by atoms with Crippen molar-refractivity contribution in [1.29, 1.82) is 0 Å². The first-order valence-electron chi connectivity index (χ1n) is 5.29. The molecule has 0 spiro atoms. The van der Waals surface area contributed by atoms with Crippen molar-refractivity contribution in [1.82, 2.24) is 19.4 Å². The lowest BCUT2D eigenvalue weighted by Gasteiger charge is -2.16. The minimum atomic E-state index is -0.241. The van der Waals surface area contributed by atoms with Gasteiger partial charge in [-0.25, -0.2) is 0 Å². The second kappa shape index (κ2) is 4.83. The molecule has 2 N–H and O–H groups in total. The number of hydrogen-bond donors (Lipinski definition) is 1. The molecule has 1 atom stereocenters. The van der Waals surface area contributed by atoms with Crippen molar-refractivity contribution in [2.45, 2.75) is 32.9 Å². The van der Waals surface area contributed by atoms with Gasteiger partial charge in [0.2, 0.25) is 0 Å². The first kappa shape index (κ1) is 12.7. The lowest BCUT2D eigenvalue weighted by Crippen LogP contribution is -2.19. The quantitative estimate of drug-likeness (QED) is 0.944. The zero-order valence-corrected chi connectivity index (χ0v) is 12.3. The van der Waals surface area contributed by atoms with Gasteiger partial charge >= 0.3 is 0 Å². The fraction of sp³-hybridized carbons (Fsp3) is 0.500. The maximum Gasteiger partial charge on any atom is 0.0863 e. The molecule has 1 unspecified atom stereocenters. The first-order chi connectivity index (χ1) is 8.02. The normalized spacial score (nSPS) is 13.3. The van der Waals surface area contributed by atoms with Gasteiger partial charge in [0.05, 0.1) is 33.0 Å². The number of nitrogens with two attached hydrogens (primary N) is 1. The van der Waals surface area contributed by atoms with E-state index in [4.69, 9.17) is 5.73 Å². The predicted octanol–water partition coefficient (Wildman–Crippen LogP) is 2.43. The monoisotopic (exact) mass is 315 g/mol. The molecule has 7 heteroatoms. The fourth-order valence-electron chi connectivity index (χ4n) is 1.70. The van der Waals surface area contributed by atoms with E-state index in [1.165, 1.54) is 11.5 Å². The molecule has 0 bridgehead atoms. The first-order valence-corrected chi connectivity index (χ1v) is 6.86. The maximum atomic E-state index is 6.29. The van der Waals surface area contributed by atoms with Crippen LogP contribution in [0.3, 0.4) is 0 Å². The van der Waals surface area contributed by atoms with E-state index in [9.17, 15) is 0 Å². The fourth-order valence-corrected chi connectivity index (χ4v) is 2.87. The van der Waals surface area contributed by atoms with E-state index in [-0.39, 0.29) is 12.1 Å². The summed E-state index contributed by atoms with van der Waals surface area (Å²) in [6.07, 6.45) is 1.78. The van der Waals surface area contributed by atoms with Crippen LogP contribution < -0.4 is 5.73 Å². The molecule has 2 heterocycles. The Balaban J connectivity index is 2.47. The third-order valence-electron chi connectivity index (χ3n) is 2.54. The summed E-state index contributed by atoms with van der Waals surface area (Å²) >= 11 is 4.83. The van der Waals surface area contributed by atoms with Crippen LogP contribution in [0.15, 0.2) is 10.7 Å². The van der Waals surface area contributed by atoms with Gasteiger partial charge in [-0.15, -0.1) is 5.10 Å². The Kier molecular flexibility index (Phi) is 3.60. The average Bonchev–Trinajstić information content (AvgIpc) is 2.83. The number of halogens is 1. The van der Waals surface area contributed by atoms with E-state index in [2.05, 4.69) is 44.5 Å². The Morgan fingerprint density at radius 3 is 2.71 bits per heavy atom. The molecular formula is C10H14BrN5S. The summed E-state index contributed by atoms with van der Waals surface area (Å²) in [4.78, 5) is 0.980. The Labute approximate surface area is 112 Å². The van der Waals surface area contributed by atoms with Gasteiger partial charge in [0.15, 0.2) is 0 Å². The number of hydrogen-bond acceptors (Lipinski definition) is 5. The highest BCUT2D eigenvalue weighted by Gasteiger charge is 2.23. The van der Waals surface area contributed by atoms with E-state index >= 15 is 0 Å². The van der Waals surface area contributed by atoms with Crippen molar-refractivity contribution in [3.8, 4) is 0 Å². The molecule has 5 nitrogen and oxygen atoms in total. The molecule has 0 saturated carbocycles. The van der Waals surface area contributed by atoms with Crippen molar-refractivity contribution < 1.29 is 0 Å². The van der Waals surface area contributed by atoms with Crippen molar-refractivity contribution in [3.05, 3.63) is 26.9 Å². The standard InChI is InChI=1S/C10H14BrN5S/c1-5(2)16-9(7(11)4-13-16)8(12)10-6(3)14-15-17-10/h4-5,8H,12H2,1-3H3. The van der Waals surface area contributed by atoms with Crippen LogP contribution in [0.1, 0.15) is 42.2 Å². The Morgan fingerprint density at radius 2 is 2.18 bits per heavy atom. The topological polar surface area (TPSA) is 69.6 Å². The SMILES string of the molecule is Cc1nnsc1C(N)c1c(Br)cnn1C(C)C. The molecule has 92 valence electrons. The summed E-state index contributed by atoms with van der Waals surface area (Å²) in [6.45, 7) is 6.07. The number of aryl methyl sites for hydroxylation is 1. The van der Waals surface area contributed by atoms with E-state index < -0.39 is 0 Å². The zero-order valence-electron chi connectivity index (χ0n) is 9.88. The molecule has 0 aliphatic heterocycles. The molecule has 0 radical (unpaired) electrons. The maximum absolute atomic E-state index is 6.29. The average molecular weight is 316 g/mol. The highest BCUT2D eigenvalue weighted by atomic mass is 79.9. The molecule has 2 aromatic heterocycles. The third-order valence-corrected chi connectivity index (χ3v) is 4.06. The molecule has 0 aliphatic carbocycles. The lowest BCUT2D eigenvalue weighted by atomic mass is 10.1. The van der Waals surface area contributed by atoms with Crippen LogP contribution in [0.25, 0.3) is 0 Å². The second-order valence-corrected chi connectivity index (χ2v) is 5.76. The predicted molar refractivity (Wildman–Crippen MR) is 71.0 cm³/mol. The Bertz CT molecular complexity index is 518. The van der Waals surface area contributed by atoms with Gasteiger partial charge in [-0.3, -0.25) is 4.68 Å². The van der Waals surface area contributed by atoms with Crippen LogP contribution in [0.2, 0.25) is 0 Å².